The molecule has 0 aliphatic rings. The number of thioether (sulfide) groups is 1. The molecule has 3 rings (SSSR count). The molecular formula is C16H15FN4O2S2. The highest BCUT2D eigenvalue weighted by Crippen LogP contribution is 2.24. The van der Waals surface area contributed by atoms with Crippen molar-refractivity contribution in [2.45, 2.75) is 30.7 Å². The van der Waals surface area contributed by atoms with Crippen molar-refractivity contribution in [1.82, 2.24) is 15.2 Å². The first-order valence-corrected chi connectivity index (χ1v) is 9.22. The number of rotatable bonds is 6. The van der Waals surface area contributed by atoms with Crippen molar-refractivity contribution in [3.8, 4) is 0 Å². The van der Waals surface area contributed by atoms with Gasteiger partial charge in [0.2, 0.25) is 11.8 Å². The van der Waals surface area contributed by atoms with Crippen LogP contribution in [0.5, 0.6) is 0 Å². The normalized spacial score (nSPS) is 12.1. The number of nitrogens with one attached hydrogen (secondary N) is 1. The van der Waals surface area contributed by atoms with Gasteiger partial charge in [0.15, 0.2) is 0 Å². The van der Waals surface area contributed by atoms with Crippen molar-refractivity contribution in [3.05, 3.63) is 52.1 Å². The largest absolute Gasteiger partial charge is 0.416 e. The highest BCUT2D eigenvalue weighted by Gasteiger charge is 2.19. The molecule has 1 N–H and O–H groups in total. The van der Waals surface area contributed by atoms with Crippen molar-refractivity contribution >= 4 is 34.7 Å². The fourth-order valence-electron chi connectivity index (χ4n) is 1.98. The summed E-state index contributed by atoms with van der Waals surface area (Å²) in [6.45, 7) is 3.67. The first-order chi connectivity index (χ1) is 12.0. The predicted molar refractivity (Wildman–Crippen MR) is 94.3 cm³/mol. The molecule has 1 amide bonds. The average Bonchev–Trinajstić information content (AvgIpc) is 3.19. The van der Waals surface area contributed by atoms with Gasteiger partial charge in [-0.1, -0.05) is 11.8 Å². The number of amides is 1. The summed E-state index contributed by atoms with van der Waals surface area (Å²) in [6.07, 6.45) is 0.466. The molecule has 1 atom stereocenters. The zero-order chi connectivity index (χ0) is 17.8. The number of nitrogens with zero attached hydrogens (tertiary/aromatic N) is 3. The lowest BCUT2D eigenvalue weighted by molar-refractivity contribution is -0.115. The Balaban J connectivity index is 1.56. The molecular weight excluding hydrogens is 363 g/mol. The predicted octanol–water partition coefficient (Wildman–Crippen LogP) is 3.68. The van der Waals surface area contributed by atoms with Crippen LogP contribution in [0.1, 0.15) is 23.5 Å². The van der Waals surface area contributed by atoms with E-state index in [1.165, 1.54) is 36.0 Å². The number of aromatic nitrogens is 3. The maximum atomic E-state index is 12.9. The smallest absolute Gasteiger partial charge is 0.277 e. The summed E-state index contributed by atoms with van der Waals surface area (Å²) in [5.74, 6) is -0.125. The summed E-state index contributed by atoms with van der Waals surface area (Å²) in [7, 11) is 0. The highest BCUT2D eigenvalue weighted by molar-refractivity contribution is 8.00. The Morgan fingerprint density at radius 1 is 1.36 bits per heavy atom. The summed E-state index contributed by atoms with van der Waals surface area (Å²) in [4.78, 5) is 16.5. The number of thiazole rings is 1. The summed E-state index contributed by atoms with van der Waals surface area (Å²) < 4.78 is 18.4. The lowest BCUT2D eigenvalue weighted by Gasteiger charge is -2.09. The van der Waals surface area contributed by atoms with E-state index in [9.17, 15) is 9.18 Å². The number of halogens is 1. The van der Waals surface area contributed by atoms with Crippen LogP contribution in [-0.4, -0.2) is 26.3 Å². The van der Waals surface area contributed by atoms with Gasteiger partial charge in [-0.3, -0.25) is 4.79 Å². The number of anilines is 1. The van der Waals surface area contributed by atoms with E-state index in [-0.39, 0.29) is 11.7 Å². The van der Waals surface area contributed by atoms with Crippen LogP contribution in [0.4, 0.5) is 10.1 Å². The minimum absolute atomic E-state index is 0.230. The molecule has 0 bridgehead atoms. The van der Waals surface area contributed by atoms with Gasteiger partial charge in [0.05, 0.1) is 22.4 Å². The number of hydrogen-bond donors (Lipinski definition) is 1. The SMILES string of the molecule is Cc1nc(Cc2nnc(SC(C)C(=O)Nc3ccc(F)cc3)o2)cs1. The molecule has 2 heterocycles. The van der Waals surface area contributed by atoms with E-state index in [0.29, 0.717) is 23.2 Å². The fraction of sp³-hybridized carbons (Fsp3) is 0.250. The van der Waals surface area contributed by atoms with E-state index in [1.807, 2.05) is 12.3 Å². The number of aryl methyl sites for hydroxylation is 1. The highest BCUT2D eigenvalue weighted by atomic mass is 32.2. The quantitative estimate of drug-likeness (QED) is 0.659. The van der Waals surface area contributed by atoms with Gasteiger partial charge in [-0.05, 0) is 38.1 Å². The minimum Gasteiger partial charge on any atom is -0.416 e. The van der Waals surface area contributed by atoms with Crippen LogP contribution in [0, 0.1) is 12.7 Å². The van der Waals surface area contributed by atoms with Crippen molar-refractivity contribution in [2.24, 2.45) is 0 Å². The number of hydrogen-bond acceptors (Lipinski definition) is 7. The minimum atomic E-state index is -0.445. The zero-order valence-electron chi connectivity index (χ0n) is 13.5. The molecule has 0 aliphatic heterocycles. The maximum absolute atomic E-state index is 12.9. The Hall–Kier alpha value is -2.26. The third-order valence-corrected chi connectivity index (χ3v) is 4.96. The Bertz CT molecular complexity index is 863. The molecule has 25 heavy (non-hydrogen) atoms. The van der Waals surface area contributed by atoms with Gasteiger partial charge in [0, 0.05) is 11.1 Å². The van der Waals surface area contributed by atoms with E-state index in [4.69, 9.17) is 4.42 Å². The Labute approximate surface area is 151 Å². The van der Waals surface area contributed by atoms with Crippen LogP contribution in [-0.2, 0) is 11.2 Å². The maximum Gasteiger partial charge on any atom is 0.277 e. The van der Waals surface area contributed by atoms with Gasteiger partial charge in [-0.25, -0.2) is 9.37 Å². The van der Waals surface area contributed by atoms with E-state index < -0.39 is 5.25 Å². The van der Waals surface area contributed by atoms with Gasteiger partial charge in [-0.2, -0.15) is 0 Å². The molecule has 0 spiro atoms. The van der Waals surface area contributed by atoms with Gasteiger partial charge in [-0.15, -0.1) is 21.5 Å². The molecule has 0 saturated carbocycles. The summed E-state index contributed by atoms with van der Waals surface area (Å²) >= 11 is 2.73. The second-order valence-electron chi connectivity index (χ2n) is 5.25. The summed E-state index contributed by atoms with van der Waals surface area (Å²) in [6, 6.07) is 5.59. The average molecular weight is 378 g/mol. The van der Waals surface area contributed by atoms with Crippen LogP contribution in [0.15, 0.2) is 39.3 Å². The molecule has 0 fully saturated rings. The molecule has 2 aromatic heterocycles. The number of carbonyl (C=O) groups excluding carboxylic acids is 1. The number of carbonyl (C=O) groups is 1. The standard InChI is InChI=1S/C16H15FN4O2S2/c1-9(15(22)19-12-5-3-11(17)4-6-12)25-16-21-20-14(23-16)7-13-8-24-10(2)18-13/h3-6,8-9H,7H2,1-2H3,(H,19,22). The van der Waals surface area contributed by atoms with Gasteiger partial charge >= 0.3 is 0 Å². The van der Waals surface area contributed by atoms with Crippen LogP contribution < -0.4 is 5.32 Å². The van der Waals surface area contributed by atoms with E-state index in [1.54, 1.807) is 18.3 Å². The lowest BCUT2D eigenvalue weighted by atomic mass is 10.3. The molecule has 1 unspecified atom stereocenters. The van der Waals surface area contributed by atoms with Crippen LogP contribution in [0.3, 0.4) is 0 Å². The van der Waals surface area contributed by atoms with E-state index >= 15 is 0 Å². The molecule has 0 saturated heterocycles. The van der Waals surface area contributed by atoms with E-state index in [2.05, 4.69) is 20.5 Å². The fourth-order valence-corrected chi connectivity index (χ4v) is 3.30. The van der Waals surface area contributed by atoms with Gasteiger partial charge in [0.1, 0.15) is 5.82 Å². The topological polar surface area (TPSA) is 80.9 Å². The first kappa shape index (κ1) is 17.6. The molecule has 0 aliphatic carbocycles. The zero-order valence-corrected chi connectivity index (χ0v) is 15.2. The third kappa shape index (κ3) is 4.86. The second kappa shape index (κ2) is 7.75. The molecule has 1 aromatic carbocycles. The lowest BCUT2D eigenvalue weighted by Crippen LogP contribution is -2.22. The van der Waals surface area contributed by atoms with Gasteiger partial charge < -0.3 is 9.73 Å². The molecule has 130 valence electrons. The van der Waals surface area contributed by atoms with Crippen molar-refractivity contribution in [1.29, 1.82) is 0 Å². The summed E-state index contributed by atoms with van der Waals surface area (Å²) in [5, 5.41) is 13.5. The first-order valence-electron chi connectivity index (χ1n) is 7.46. The molecule has 0 radical (unpaired) electrons. The van der Waals surface area contributed by atoms with E-state index in [0.717, 1.165) is 10.7 Å². The molecule has 3 aromatic rings. The Kier molecular flexibility index (Phi) is 5.44. The van der Waals surface area contributed by atoms with Crippen molar-refractivity contribution < 1.29 is 13.6 Å². The number of benzene rings is 1. The van der Waals surface area contributed by atoms with Crippen LogP contribution in [0.25, 0.3) is 0 Å². The Morgan fingerprint density at radius 3 is 2.80 bits per heavy atom. The van der Waals surface area contributed by atoms with Crippen LogP contribution in [0.2, 0.25) is 0 Å². The summed E-state index contributed by atoms with van der Waals surface area (Å²) in [5.41, 5.74) is 1.41. The monoisotopic (exact) mass is 378 g/mol. The van der Waals surface area contributed by atoms with Crippen LogP contribution >= 0.6 is 23.1 Å². The third-order valence-electron chi connectivity index (χ3n) is 3.21. The van der Waals surface area contributed by atoms with Gasteiger partial charge in [0.25, 0.3) is 5.22 Å². The Morgan fingerprint density at radius 2 is 2.12 bits per heavy atom. The second-order valence-corrected chi connectivity index (χ2v) is 7.61. The van der Waals surface area contributed by atoms with Crippen molar-refractivity contribution in [3.63, 3.8) is 0 Å². The molecule has 9 heteroatoms. The van der Waals surface area contributed by atoms with Crippen molar-refractivity contribution in [2.75, 3.05) is 5.32 Å². The molecule has 6 nitrogen and oxygen atoms in total.